The molecule has 4 rings (SSSR count). The topological polar surface area (TPSA) is 69.7 Å². The fraction of sp³-hybridized carbons (Fsp3) is 0.296. The van der Waals surface area contributed by atoms with E-state index >= 15 is 0 Å². The Labute approximate surface area is 212 Å². The first-order valence-electron chi connectivity index (χ1n) is 11.7. The van der Waals surface area contributed by atoms with E-state index in [1.54, 1.807) is 43.3 Å². The molecule has 1 N–H and O–H groups in total. The molecule has 3 aromatic carbocycles. The van der Waals surface area contributed by atoms with Crippen molar-refractivity contribution < 1.29 is 13.2 Å². The van der Waals surface area contributed by atoms with Crippen LogP contribution in [-0.2, 0) is 27.9 Å². The van der Waals surface area contributed by atoms with Crippen LogP contribution in [0.2, 0.25) is 5.02 Å². The number of likely N-dealkylation sites (tertiary alicyclic amines) is 1. The molecule has 1 fully saturated rings. The molecule has 0 spiro atoms. The fourth-order valence-corrected chi connectivity index (χ4v) is 5.98. The number of hydrogen-bond acceptors (Lipinski definition) is 4. The third kappa shape index (κ3) is 6.23. The summed E-state index contributed by atoms with van der Waals surface area (Å²) in [5, 5.41) is 3.32. The predicted octanol–water partition coefficient (Wildman–Crippen LogP) is 4.76. The number of carbonyl (C=O) groups is 1. The van der Waals surface area contributed by atoms with Gasteiger partial charge >= 0.3 is 0 Å². The van der Waals surface area contributed by atoms with E-state index in [4.69, 9.17) is 11.6 Å². The lowest BCUT2D eigenvalue weighted by Gasteiger charge is -2.26. The Kier molecular flexibility index (Phi) is 8.11. The zero-order valence-corrected chi connectivity index (χ0v) is 21.4. The van der Waals surface area contributed by atoms with Gasteiger partial charge in [-0.3, -0.25) is 14.0 Å². The Balaban J connectivity index is 1.50. The van der Waals surface area contributed by atoms with Gasteiger partial charge in [0.05, 0.1) is 10.6 Å². The molecule has 1 heterocycles. The summed E-state index contributed by atoms with van der Waals surface area (Å²) in [6.07, 6.45) is 2.48. The number of halogens is 1. The van der Waals surface area contributed by atoms with Gasteiger partial charge in [-0.15, -0.1) is 0 Å². The van der Waals surface area contributed by atoms with Crippen LogP contribution in [0.3, 0.4) is 0 Å². The number of nitrogens with zero attached hydrogens (tertiary/aromatic N) is 2. The third-order valence-corrected chi connectivity index (χ3v) is 8.40. The van der Waals surface area contributed by atoms with Crippen LogP contribution in [0.1, 0.15) is 29.5 Å². The van der Waals surface area contributed by atoms with Crippen LogP contribution in [0.4, 0.5) is 5.69 Å². The first kappa shape index (κ1) is 25.2. The Bertz CT molecular complexity index is 1280. The summed E-state index contributed by atoms with van der Waals surface area (Å²) >= 11 is 6.28. The third-order valence-electron chi connectivity index (χ3n) is 6.21. The van der Waals surface area contributed by atoms with E-state index in [9.17, 15) is 13.2 Å². The molecule has 35 heavy (non-hydrogen) atoms. The number of sulfonamides is 1. The maximum absolute atomic E-state index is 13.5. The van der Waals surface area contributed by atoms with E-state index in [1.165, 1.54) is 30.5 Å². The molecule has 1 saturated heterocycles. The van der Waals surface area contributed by atoms with Crippen LogP contribution in [0.25, 0.3) is 0 Å². The van der Waals surface area contributed by atoms with Crippen LogP contribution in [0.5, 0.6) is 0 Å². The van der Waals surface area contributed by atoms with Crippen molar-refractivity contribution in [2.75, 3.05) is 23.9 Å². The first-order valence-corrected chi connectivity index (χ1v) is 13.6. The van der Waals surface area contributed by atoms with Crippen molar-refractivity contribution in [1.82, 2.24) is 10.2 Å². The number of carbonyl (C=O) groups excluding carboxylic acids is 1. The minimum Gasteiger partial charge on any atom is -0.350 e. The molecule has 6 nitrogen and oxygen atoms in total. The normalized spacial score (nSPS) is 14.1. The van der Waals surface area contributed by atoms with Crippen LogP contribution in [0, 0.1) is 6.92 Å². The molecule has 0 saturated carbocycles. The van der Waals surface area contributed by atoms with Gasteiger partial charge in [0.15, 0.2) is 0 Å². The summed E-state index contributed by atoms with van der Waals surface area (Å²) in [6, 6.07) is 21.3. The molecule has 1 aliphatic rings. The number of benzene rings is 3. The van der Waals surface area contributed by atoms with Gasteiger partial charge in [0, 0.05) is 18.1 Å². The molecule has 0 aromatic heterocycles. The largest absolute Gasteiger partial charge is 0.350 e. The molecular weight excluding hydrogens is 482 g/mol. The lowest BCUT2D eigenvalue weighted by molar-refractivity contribution is -0.119. The molecule has 0 atom stereocenters. The summed E-state index contributed by atoms with van der Waals surface area (Å²) in [5.74, 6) is -0.395. The van der Waals surface area contributed by atoms with Crippen LogP contribution in [0.15, 0.2) is 77.7 Å². The van der Waals surface area contributed by atoms with Crippen molar-refractivity contribution in [3.05, 3.63) is 94.5 Å². The van der Waals surface area contributed by atoms with Gasteiger partial charge in [-0.2, -0.15) is 0 Å². The summed E-state index contributed by atoms with van der Waals surface area (Å²) in [6.45, 7) is 4.85. The first-order chi connectivity index (χ1) is 16.8. The Hall–Kier alpha value is -2.87. The highest BCUT2D eigenvalue weighted by Crippen LogP contribution is 2.30. The second-order valence-electron chi connectivity index (χ2n) is 8.79. The molecule has 0 radical (unpaired) electrons. The van der Waals surface area contributed by atoms with E-state index < -0.39 is 15.9 Å². The smallest absolute Gasteiger partial charge is 0.264 e. The van der Waals surface area contributed by atoms with Crippen molar-refractivity contribution >= 4 is 33.2 Å². The second kappa shape index (κ2) is 11.2. The maximum Gasteiger partial charge on any atom is 0.264 e. The van der Waals surface area contributed by atoms with Crippen LogP contribution < -0.4 is 9.62 Å². The minimum absolute atomic E-state index is 0.113. The molecule has 1 amide bonds. The molecule has 184 valence electrons. The van der Waals surface area contributed by atoms with E-state index in [2.05, 4.69) is 22.3 Å². The zero-order valence-electron chi connectivity index (χ0n) is 19.8. The second-order valence-corrected chi connectivity index (χ2v) is 11.1. The number of rotatable bonds is 9. The van der Waals surface area contributed by atoms with Crippen LogP contribution >= 0.6 is 11.6 Å². The molecule has 0 aliphatic carbocycles. The molecule has 0 unspecified atom stereocenters. The van der Waals surface area contributed by atoms with Gasteiger partial charge in [0.25, 0.3) is 10.0 Å². The van der Waals surface area contributed by atoms with Crippen molar-refractivity contribution in [2.24, 2.45) is 0 Å². The Morgan fingerprint density at radius 3 is 2.40 bits per heavy atom. The van der Waals surface area contributed by atoms with E-state index in [0.29, 0.717) is 22.8 Å². The SMILES string of the molecule is Cc1c(Cl)cccc1N(CC(=O)NCc1cccc(CN2CCCC2)c1)S(=O)(=O)c1ccccc1. The molecule has 0 bridgehead atoms. The highest BCUT2D eigenvalue weighted by molar-refractivity contribution is 7.92. The monoisotopic (exact) mass is 511 g/mol. The van der Waals surface area contributed by atoms with Crippen molar-refractivity contribution in [2.45, 2.75) is 37.8 Å². The number of anilines is 1. The summed E-state index contributed by atoms with van der Waals surface area (Å²) in [7, 11) is -3.98. The van der Waals surface area contributed by atoms with Gasteiger partial charge in [-0.05, 0) is 73.8 Å². The quantitative estimate of drug-likeness (QED) is 0.450. The van der Waals surface area contributed by atoms with E-state index in [-0.39, 0.29) is 11.4 Å². The number of hydrogen-bond donors (Lipinski definition) is 1. The van der Waals surface area contributed by atoms with Gasteiger partial charge in [0.1, 0.15) is 6.54 Å². The fourth-order valence-electron chi connectivity index (χ4n) is 4.31. The summed E-state index contributed by atoms with van der Waals surface area (Å²) in [4.78, 5) is 15.5. The van der Waals surface area contributed by atoms with Crippen LogP contribution in [-0.4, -0.2) is 38.9 Å². The Morgan fingerprint density at radius 1 is 0.971 bits per heavy atom. The lowest BCUT2D eigenvalue weighted by atomic mass is 10.1. The standard InChI is InChI=1S/C27H30ClN3O3S/c1-21-25(28)13-8-14-26(21)31(35(33,34)24-11-3-2-4-12-24)20-27(32)29-18-22-9-7-10-23(17-22)19-30-15-5-6-16-30/h2-4,7-14,17H,5-6,15-16,18-20H2,1H3,(H,29,32). The van der Waals surface area contributed by atoms with Gasteiger partial charge < -0.3 is 5.32 Å². The predicted molar refractivity (Wildman–Crippen MR) is 140 cm³/mol. The number of nitrogens with one attached hydrogen (secondary N) is 1. The average molecular weight is 512 g/mol. The number of amides is 1. The lowest BCUT2D eigenvalue weighted by Crippen LogP contribution is -2.41. The highest BCUT2D eigenvalue weighted by atomic mass is 35.5. The maximum atomic E-state index is 13.5. The van der Waals surface area contributed by atoms with Crippen molar-refractivity contribution in [3.8, 4) is 0 Å². The average Bonchev–Trinajstić information content (AvgIpc) is 3.37. The van der Waals surface area contributed by atoms with Gasteiger partial charge in [-0.25, -0.2) is 8.42 Å². The molecule has 8 heteroatoms. The van der Waals surface area contributed by atoms with E-state index in [0.717, 1.165) is 29.5 Å². The molecular formula is C27H30ClN3O3S. The summed E-state index contributed by atoms with van der Waals surface area (Å²) < 4.78 is 28.2. The summed E-state index contributed by atoms with van der Waals surface area (Å²) in [5.41, 5.74) is 3.16. The van der Waals surface area contributed by atoms with Crippen molar-refractivity contribution in [3.63, 3.8) is 0 Å². The van der Waals surface area contributed by atoms with Crippen molar-refractivity contribution in [1.29, 1.82) is 0 Å². The zero-order chi connectivity index (χ0) is 24.8. The highest BCUT2D eigenvalue weighted by Gasteiger charge is 2.28. The molecule has 1 aliphatic heterocycles. The van der Waals surface area contributed by atoms with Gasteiger partial charge in [0.2, 0.25) is 5.91 Å². The van der Waals surface area contributed by atoms with Gasteiger partial charge in [-0.1, -0.05) is 60.1 Å². The van der Waals surface area contributed by atoms with E-state index in [1.807, 2.05) is 12.1 Å². The Morgan fingerprint density at radius 2 is 1.66 bits per heavy atom. The minimum atomic E-state index is -3.98. The molecule has 3 aromatic rings.